The minimum absolute atomic E-state index is 0.0139. The zero-order chi connectivity index (χ0) is 7.28. The van der Waals surface area contributed by atoms with Crippen LogP contribution in [0.15, 0.2) is 0 Å². The van der Waals surface area contributed by atoms with E-state index >= 15 is 0 Å². The Morgan fingerprint density at radius 3 is 2.67 bits per heavy atom. The molecule has 0 aromatic carbocycles. The molecule has 0 aliphatic rings. The lowest BCUT2D eigenvalue weighted by atomic mass is 10.2. The van der Waals surface area contributed by atoms with E-state index in [0.717, 1.165) is 12.8 Å². The molecule has 0 N–H and O–H groups in total. The molecule has 0 aromatic heterocycles. The average molecular weight is 148 g/mol. The molecule has 1 atom stereocenters. The van der Waals surface area contributed by atoms with E-state index in [-0.39, 0.29) is 6.10 Å². The van der Waals surface area contributed by atoms with Crippen molar-refractivity contribution in [2.75, 3.05) is 0 Å². The summed E-state index contributed by atoms with van der Waals surface area (Å²) in [6, 6.07) is 0. The lowest BCUT2D eigenvalue weighted by Crippen LogP contribution is -2.08. The van der Waals surface area contributed by atoms with Gasteiger partial charge in [0.25, 0.3) is 0 Å². The van der Waals surface area contributed by atoms with Crippen molar-refractivity contribution in [1.29, 1.82) is 0 Å². The summed E-state index contributed by atoms with van der Waals surface area (Å²) < 4.78 is 4.72. The Bertz CT molecular complexity index is 93.1. The zero-order valence-electron chi connectivity index (χ0n) is 5.76. The van der Waals surface area contributed by atoms with Gasteiger partial charge in [-0.3, -0.25) is 0 Å². The standard InChI is InChI=1S/C6H12O2S/c1-3-4-5(2)8-6(7)9/h5H,3-4H2,1-2H3,(H,7,9). The van der Waals surface area contributed by atoms with Crippen LogP contribution in [0.1, 0.15) is 26.7 Å². The zero-order valence-corrected chi connectivity index (χ0v) is 6.65. The van der Waals surface area contributed by atoms with Crippen molar-refractivity contribution >= 4 is 17.9 Å². The molecule has 0 aromatic rings. The summed E-state index contributed by atoms with van der Waals surface area (Å²) >= 11 is 3.47. The van der Waals surface area contributed by atoms with Crippen molar-refractivity contribution in [3.8, 4) is 0 Å². The van der Waals surface area contributed by atoms with Gasteiger partial charge >= 0.3 is 5.30 Å². The van der Waals surface area contributed by atoms with Gasteiger partial charge in [-0.25, -0.2) is 4.79 Å². The third kappa shape index (κ3) is 5.69. The van der Waals surface area contributed by atoms with Crippen LogP contribution in [0.2, 0.25) is 0 Å². The second-order valence-electron chi connectivity index (χ2n) is 1.98. The van der Waals surface area contributed by atoms with E-state index in [1.807, 2.05) is 13.8 Å². The summed E-state index contributed by atoms with van der Waals surface area (Å²) in [5.41, 5.74) is 0. The Morgan fingerprint density at radius 2 is 2.33 bits per heavy atom. The Kier molecular flexibility index (Phi) is 4.58. The van der Waals surface area contributed by atoms with E-state index in [2.05, 4.69) is 12.6 Å². The van der Waals surface area contributed by atoms with Gasteiger partial charge in [-0.15, -0.1) is 0 Å². The summed E-state index contributed by atoms with van der Waals surface area (Å²) in [4.78, 5) is 10.2. The molecular formula is C6H12O2S. The van der Waals surface area contributed by atoms with Gasteiger partial charge in [0.2, 0.25) is 0 Å². The largest absolute Gasteiger partial charge is 0.455 e. The Morgan fingerprint density at radius 1 is 1.78 bits per heavy atom. The molecule has 0 radical (unpaired) electrons. The molecule has 0 heterocycles. The van der Waals surface area contributed by atoms with Gasteiger partial charge in [0.05, 0.1) is 6.10 Å². The Labute approximate surface area is 61.0 Å². The molecule has 0 amide bonds. The predicted octanol–water partition coefficient (Wildman–Crippen LogP) is 2.24. The molecule has 0 aliphatic carbocycles. The highest BCUT2D eigenvalue weighted by molar-refractivity contribution is 7.96. The van der Waals surface area contributed by atoms with Crippen molar-refractivity contribution in [3.63, 3.8) is 0 Å². The molecule has 0 saturated heterocycles. The van der Waals surface area contributed by atoms with Crippen LogP contribution in [0.5, 0.6) is 0 Å². The minimum atomic E-state index is -0.490. The summed E-state index contributed by atoms with van der Waals surface area (Å²) in [6.45, 7) is 3.90. The topological polar surface area (TPSA) is 26.3 Å². The van der Waals surface area contributed by atoms with Gasteiger partial charge < -0.3 is 4.74 Å². The van der Waals surface area contributed by atoms with Gasteiger partial charge in [0.15, 0.2) is 0 Å². The fourth-order valence-corrected chi connectivity index (χ4v) is 0.818. The first-order valence-electron chi connectivity index (χ1n) is 3.06. The maximum Gasteiger partial charge on any atom is 0.364 e. The fraction of sp³-hybridized carbons (Fsp3) is 0.833. The normalized spacial score (nSPS) is 12.8. The molecule has 1 unspecified atom stereocenters. The lowest BCUT2D eigenvalue weighted by Gasteiger charge is -2.08. The molecule has 0 bridgehead atoms. The van der Waals surface area contributed by atoms with E-state index in [1.54, 1.807) is 0 Å². The SMILES string of the molecule is CCCC(C)OC(=O)S. The number of carbonyl (C=O) groups excluding carboxylic acids is 1. The summed E-state index contributed by atoms with van der Waals surface area (Å²) in [7, 11) is 0. The van der Waals surface area contributed by atoms with Gasteiger partial charge in [-0.1, -0.05) is 26.0 Å². The molecule has 0 spiro atoms. The maximum atomic E-state index is 10.2. The van der Waals surface area contributed by atoms with Crippen molar-refractivity contribution < 1.29 is 9.53 Å². The first-order valence-corrected chi connectivity index (χ1v) is 3.51. The van der Waals surface area contributed by atoms with E-state index in [4.69, 9.17) is 4.74 Å². The van der Waals surface area contributed by atoms with E-state index < -0.39 is 5.30 Å². The molecule has 3 heteroatoms. The van der Waals surface area contributed by atoms with Crippen molar-refractivity contribution in [2.24, 2.45) is 0 Å². The van der Waals surface area contributed by atoms with Crippen LogP contribution in [0.25, 0.3) is 0 Å². The fourth-order valence-electron chi connectivity index (χ4n) is 0.638. The molecule has 0 rings (SSSR count). The first-order chi connectivity index (χ1) is 4.16. The first kappa shape index (κ1) is 8.82. The minimum Gasteiger partial charge on any atom is -0.455 e. The number of thiol groups is 1. The molecule has 0 aliphatic heterocycles. The van der Waals surface area contributed by atoms with Crippen molar-refractivity contribution in [1.82, 2.24) is 0 Å². The molecule has 9 heavy (non-hydrogen) atoms. The predicted molar refractivity (Wildman–Crippen MR) is 39.8 cm³/mol. The highest BCUT2D eigenvalue weighted by Gasteiger charge is 2.02. The summed E-state index contributed by atoms with van der Waals surface area (Å²) in [5.74, 6) is 0. The molecule has 2 nitrogen and oxygen atoms in total. The second kappa shape index (κ2) is 4.68. The van der Waals surface area contributed by atoms with Gasteiger partial charge in [-0.2, -0.15) is 0 Å². The second-order valence-corrected chi connectivity index (χ2v) is 2.35. The Hall–Kier alpha value is -0.180. The van der Waals surface area contributed by atoms with Crippen molar-refractivity contribution in [3.05, 3.63) is 0 Å². The van der Waals surface area contributed by atoms with Crippen LogP contribution in [0.3, 0.4) is 0 Å². The summed E-state index contributed by atoms with van der Waals surface area (Å²) in [6.07, 6.45) is 1.95. The van der Waals surface area contributed by atoms with Crippen LogP contribution in [0, 0.1) is 0 Å². The van der Waals surface area contributed by atoms with Crippen LogP contribution < -0.4 is 0 Å². The van der Waals surface area contributed by atoms with Gasteiger partial charge in [-0.05, 0) is 13.3 Å². The molecule has 0 saturated carbocycles. The smallest absolute Gasteiger partial charge is 0.364 e. The van der Waals surface area contributed by atoms with Crippen LogP contribution >= 0.6 is 12.6 Å². The highest BCUT2D eigenvalue weighted by atomic mass is 32.1. The highest BCUT2D eigenvalue weighted by Crippen LogP contribution is 2.02. The van der Waals surface area contributed by atoms with Gasteiger partial charge in [0.1, 0.15) is 0 Å². The number of hydrogen-bond donors (Lipinski definition) is 1. The summed E-state index contributed by atoms with van der Waals surface area (Å²) in [5, 5.41) is -0.490. The monoisotopic (exact) mass is 148 g/mol. The third-order valence-corrected chi connectivity index (χ3v) is 1.10. The van der Waals surface area contributed by atoms with Crippen LogP contribution in [-0.2, 0) is 4.74 Å². The number of hydrogen-bond acceptors (Lipinski definition) is 2. The number of ether oxygens (including phenoxy) is 1. The van der Waals surface area contributed by atoms with E-state index in [9.17, 15) is 4.79 Å². The molecule has 0 fully saturated rings. The van der Waals surface area contributed by atoms with Crippen LogP contribution in [-0.4, -0.2) is 11.4 Å². The number of rotatable bonds is 3. The third-order valence-electron chi connectivity index (χ3n) is 0.997. The molecule has 54 valence electrons. The maximum absolute atomic E-state index is 10.2. The average Bonchev–Trinajstić information content (AvgIpc) is 1.63. The van der Waals surface area contributed by atoms with Gasteiger partial charge in [0, 0.05) is 0 Å². The van der Waals surface area contributed by atoms with Crippen LogP contribution in [0.4, 0.5) is 4.79 Å². The lowest BCUT2D eigenvalue weighted by molar-refractivity contribution is 0.128. The molecular weight excluding hydrogens is 136 g/mol. The van der Waals surface area contributed by atoms with Crippen molar-refractivity contribution in [2.45, 2.75) is 32.8 Å². The van der Waals surface area contributed by atoms with E-state index in [0.29, 0.717) is 0 Å². The quantitative estimate of drug-likeness (QED) is 0.490. The Balaban J connectivity index is 3.26. The number of carbonyl (C=O) groups is 1. The van der Waals surface area contributed by atoms with E-state index in [1.165, 1.54) is 0 Å².